The highest BCUT2D eigenvalue weighted by Crippen LogP contribution is 2.22. The maximum atomic E-state index is 12.4. The van der Waals surface area contributed by atoms with Crippen LogP contribution in [0, 0.1) is 12.3 Å². The Balaban J connectivity index is 2.22. The molecule has 24 heavy (non-hydrogen) atoms. The highest BCUT2D eigenvalue weighted by Gasteiger charge is 2.18. The minimum absolute atomic E-state index is 0.000318. The molecule has 0 aliphatic carbocycles. The molecule has 128 valence electrons. The molecule has 0 unspecified atom stereocenters. The minimum atomic E-state index is -0.241. The number of hydrogen-bond acceptors (Lipinski definition) is 4. The van der Waals surface area contributed by atoms with Crippen molar-refractivity contribution >= 4 is 17.4 Å². The third-order valence-electron chi connectivity index (χ3n) is 3.36. The first-order chi connectivity index (χ1) is 11.3. The molecule has 5 heteroatoms. The van der Waals surface area contributed by atoms with E-state index >= 15 is 0 Å². The van der Waals surface area contributed by atoms with Crippen LogP contribution in [0.3, 0.4) is 0 Å². The molecule has 1 aromatic carbocycles. The summed E-state index contributed by atoms with van der Waals surface area (Å²) in [5.74, 6) is 0.813. The smallest absolute Gasteiger partial charge is 0.273 e. The van der Waals surface area contributed by atoms with Gasteiger partial charge in [-0.25, -0.2) is 4.98 Å². The first-order valence-electron chi connectivity index (χ1n) is 7.95. The fraction of sp³-hybridized carbons (Fsp3) is 0.368. The average Bonchev–Trinajstić information content (AvgIpc) is 2.52. The van der Waals surface area contributed by atoms with Crippen molar-refractivity contribution in [2.45, 2.75) is 27.7 Å². The van der Waals surface area contributed by atoms with Crippen LogP contribution in [0.2, 0.25) is 0 Å². The molecule has 0 aliphatic rings. The highest BCUT2D eigenvalue weighted by molar-refractivity contribution is 5.95. The largest absolute Gasteiger partial charge is 0.494 e. The second-order valence-electron chi connectivity index (χ2n) is 6.99. The van der Waals surface area contributed by atoms with Gasteiger partial charge < -0.3 is 15.4 Å². The van der Waals surface area contributed by atoms with Gasteiger partial charge in [-0.1, -0.05) is 32.9 Å². The lowest BCUT2D eigenvalue weighted by molar-refractivity contribution is 0.0931. The Labute approximate surface area is 143 Å². The lowest BCUT2D eigenvalue weighted by Gasteiger charge is -2.19. The molecule has 0 aliphatic heterocycles. The fourth-order valence-electron chi connectivity index (χ4n) is 2.14. The second-order valence-corrected chi connectivity index (χ2v) is 6.99. The van der Waals surface area contributed by atoms with Gasteiger partial charge in [0, 0.05) is 12.2 Å². The molecular weight excluding hydrogens is 302 g/mol. The third-order valence-corrected chi connectivity index (χ3v) is 3.36. The quantitative estimate of drug-likeness (QED) is 0.874. The lowest BCUT2D eigenvalue weighted by atomic mass is 9.97. The molecule has 1 amide bonds. The Morgan fingerprint density at radius 1 is 1.21 bits per heavy atom. The topological polar surface area (TPSA) is 63.2 Å². The summed E-state index contributed by atoms with van der Waals surface area (Å²) >= 11 is 0. The van der Waals surface area contributed by atoms with Crippen molar-refractivity contribution in [3.8, 4) is 5.75 Å². The maximum Gasteiger partial charge on any atom is 0.273 e. The number of benzene rings is 1. The number of amides is 1. The molecule has 2 aromatic rings. The molecule has 1 heterocycles. The molecule has 0 saturated heterocycles. The summed E-state index contributed by atoms with van der Waals surface area (Å²) < 4.78 is 5.27. The zero-order valence-electron chi connectivity index (χ0n) is 14.9. The Morgan fingerprint density at radius 3 is 2.58 bits per heavy atom. The molecule has 2 N–H and O–H groups in total. The number of aromatic nitrogens is 1. The summed E-state index contributed by atoms with van der Waals surface area (Å²) in [4.78, 5) is 16.9. The molecule has 0 spiro atoms. The van der Waals surface area contributed by atoms with Gasteiger partial charge in [0.1, 0.15) is 11.6 Å². The van der Waals surface area contributed by atoms with Crippen molar-refractivity contribution in [3.63, 3.8) is 0 Å². The Morgan fingerprint density at radius 2 is 1.96 bits per heavy atom. The number of carbonyl (C=O) groups is 1. The molecule has 0 fully saturated rings. The first-order valence-corrected chi connectivity index (χ1v) is 7.95. The minimum Gasteiger partial charge on any atom is -0.494 e. The molecule has 2 rings (SSSR count). The molecule has 0 saturated carbocycles. The summed E-state index contributed by atoms with van der Waals surface area (Å²) in [5, 5.41) is 6.12. The van der Waals surface area contributed by atoms with Crippen LogP contribution in [0.25, 0.3) is 0 Å². The number of hydrogen-bond donors (Lipinski definition) is 2. The average molecular weight is 327 g/mol. The summed E-state index contributed by atoms with van der Waals surface area (Å²) in [6.45, 7) is 8.78. The van der Waals surface area contributed by atoms with Gasteiger partial charge in [-0.15, -0.1) is 0 Å². The molecule has 1 aromatic heterocycles. The van der Waals surface area contributed by atoms with Gasteiger partial charge in [-0.2, -0.15) is 0 Å². The number of nitrogens with zero attached hydrogens (tertiary/aromatic N) is 1. The van der Waals surface area contributed by atoms with Gasteiger partial charge in [0.25, 0.3) is 5.91 Å². The monoisotopic (exact) mass is 327 g/mol. The van der Waals surface area contributed by atoms with E-state index in [2.05, 4.69) is 36.4 Å². The summed E-state index contributed by atoms with van der Waals surface area (Å²) in [5.41, 5.74) is 2.35. The molecule has 5 nitrogen and oxygen atoms in total. The predicted molar refractivity (Wildman–Crippen MR) is 97.0 cm³/mol. The van der Waals surface area contributed by atoms with Crippen LogP contribution in [-0.2, 0) is 0 Å². The van der Waals surface area contributed by atoms with Crippen molar-refractivity contribution in [2.24, 2.45) is 5.41 Å². The van der Waals surface area contributed by atoms with E-state index in [0.717, 1.165) is 11.3 Å². The molecular formula is C19H25N3O2. The molecule has 0 radical (unpaired) electrons. The summed E-state index contributed by atoms with van der Waals surface area (Å²) in [6.07, 6.45) is 0. The van der Waals surface area contributed by atoms with Crippen molar-refractivity contribution in [1.29, 1.82) is 0 Å². The number of aryl methyl sites for hydroxylation is 1. The van der Waals surface area contributed by atoms with E-state index in [1.54, 1.807) is 12.1 Å². The number of anilines is 2. The van der Waals surface area contributed by atoms with Gasteiger partial charge in [0.15, 0.2) is 5.69 Å². The zero-order valence-corrected chi connectivity index (χ0v) is 14.9. The van der Waals surface area contributed by atoms with E-state index in [1.165, 1.54) is 7.11 Å². The Kier molecular flexibility index (Phi) is 5.44. The van der Waals surface area contributed by atoms with E-state index in [4.69, 9.17) is 4.74 Å². The highest BCUT2D eigenvalue weighted by atomic mass is 16.5. The predicted octanol–water partition coefficient (Wildman–Crippen LogP) is 3.92. The van der Waals surface area contributed by atoms with E-state index in [9.17, 15) is 4.79 Å². The van der Waals surface area contributed by atoms with Crippen LogP contribution in [0.1, 0.15) is 36.8 Å². The van der Waals surface area contributed by atoms with Gasteiger partial charge in [0.05, 0.1) is 7.11 Å². The SMILES string of the molecule is COc1ccc(Nc2cccc(C)c2)nc1C(=O)NCC(C)(C)C. The van der Waals surface area contributed by atoms with Crippen LogP contribution in [0.5, 0.6) is 5.75 Å². The molecule has 0 atom stereocenters. The number of nitrogens with one attached hydrogen (secondary N) is 2. The second kappa shape index (κ2) is 7.34. The van der Waals surface area contributed by atoms with Gasteiger partial charge >= 0.3 is 0 Å². The number of ether oxygens (including phenoxy) is 1. The van der Waals surface area contributed by atoms with E-state index < -0.39 is 0 Å². The number of rotatable bonds is 5. The Bertz CT molecular complexity index is 721. The number of pyridine rings is 1. The number of methoxy groups -OCH3 is 1. The maximum absolute atomic E-state index is 12.4. The summed E-state index contributed by atoms with van der Waals surface area (Å²) in [7, 11) is 1.53. The first kappa shape index (κ1) is 17.8. The number of carbonyl (C=O) groups excluding carboxylic acids is 1. The third kappa shape index (κ3) is 4.98. The van der Waals surface area contributed by atoms with Crippen LogP contribution >= 0.6 is 0 Å². The van der Waals surface area contributed by atoms with Crippen LogP contribution in [-0.4, -0.2) is 24.5 Å². The van der Waals surface area contributed by atoms with Gasteiger partial charge in [-0.3, -0.25) is 4.79 Å². The van der Waals surface area contributed by atoms with Crippen molar-refractivity contribution in [2.75, 3.05) is 19.0 Å². The summed E-state index contributed by atoms with van der Waals surface area (Å²) in [6, 6.07) is 11.5. The van der Waals surface area contributed by atoms with Crippen LogP contribution < -0.4 is 15.4 Å². The standard InChI is InChI=1S/C19H25N3O2/c1-13-7-6-8-14(11-13)21-16-10-9-15(24-5)17(22-16)18(23)20-12-19(2,3)4/h6-11H,12H2,1-5H3,(H,20,23)(H,21,22). The van der Waals surface area contributed by atoms with Crippen LogP contribution in [0.4, 0.5) is 11.5 Å². The van der Waals surface area contributed by atoms with Crippen molar-refractivity contribution < 1.29 is 9.53 Å². The molecule has 0 bridgehead atoms. The zero-order chi connectivity index (χ0) is 17.7. The van der Waals surface area contributed by atoms with E-state index in [1.807, 2.05) is 31.2 Å². The van der Waals surface area contributed by atoms with Crippen LogP contribution in [0.15, 0.2) is 36.4 Å². The lowest BCUT2D eigenvalue weighted by Crippen LogP contribution is -2.33. The van der Waals surface area contributed by atoms with Gasteiger partial charge in [0.2, 0.25) is 0 Å². The Hall–Kier alpha value is -2.56. The van der Waals surface area contributed by atoms with E-state index in [0.29, 0.717) is 18.1 Å². The van der Waals surface area contributed by atoms with Gasteiger partial charge in [-0.05, 0) is 42.2 Å². The van der Waals surface area contributed by atoms with Crippen molar-refractivity contribution in [1.82, 2.24) is 10.3 Å². The fourth-order valence-corrected chi connectivity index (χ4v) is 2.14. The normalized spacial score (nSPS) is 11.0. The van der Waals surface area contributed by atoms with E-state index in [-0.39, 0.29) is 17.0 Å². The van der Waals surface area contributed by atoms with Crippen molar-refractivity contribution in [3.05, 3.63) is 47.7 Å².